The Kier molecular flexibility index (Phi) is 10.6. The van der Waals surface area contributed by atoms with Crippen LogP contribution in [0.15, 0.2) is 36.4 Å². The van der Waals surface area contributed by atoms with Crippen molar-refractivity contribution in [3.8, 4) is 0 Å². The molecule has 0 heterocycles. The van der Waals surface area contributed by atoms with Crippen LogP contribution in [0.25, 0.3) is 0 Å². The molecule has 3 saturated carbocycles. The standard InChI is InChI=1S/C33H51F/c1-2-3-4-5-26-14-20-31(21-15-26)32-22-16-29(17-23-32)12-10-27-6-8-28(9-7-27)11-13-30-18-24-33(34)25-19-30/h10,12,18-19,24-29,31-32H,2-9,11,13-17,20-23H2,1H3. The maximum atomic E-state index is 13.1. The minimum absolute atomic E-state index is 0.121. The van der Waals surface area contributed by atoms with Gasteiger partial charge in [-0.2, -0.15) is 0 Å². The normalized spacial score (nSPS) is 32.8. The predicted molar refractivity (Wildman–Crippen MR) is 144 cm³/mol. The molecule has 3 aliphatic rings. The Bertz CT molecular complexity index is 695. The lowest BCUT2D eigenvalue weighted by molar-refractivity contribution is 0.151. The van der Waals surface area contributed by atoms with Gasteiger partial charge in [-0.1, -0.05) is 69.7 Å². The Balaban J connectivity index is 1.08. The lowest BCUT2D eigenvalue weighted by Gasteiger charge is -2.37. The molecule has 0 aliphatic heterocycles. The Hall–Kier alpha value is -1.11. The molecular formula is C33H51F. The topological polar surface area (TPSA) is 0 Å². The van der Waals surface area contributed by atoms with Gasteiger partial charge in [-0.3, -0.25) is 0 Å². The Morgan fingerprint density at radius 2 is 1.15 bits per heavy atom. The largest absolute Gasteiger partial charge is 0.207 e. The minimum atomic E-state index is -0.121. The van der Waals surface area contributed by atoms with Crippen molar-refractivity contribution in [2.45, 2.75) is 122 Å². The van der Waals surface area contributed by atoms with E-state index in [0.29, 0.717) is 0 Å². The zero-order chi connectivity index (χ0) is 23.6. The molecule has 0 radical (unpaired) electrons. The van der Waals surface area contributed by atoms with Crippen LogP contribution in [0.2, 0.25) is 0 Å². The van der Waals surface area contributed by atoms with Crippen LogP contribution in [0.5, 0.6) is 0 Å². The Labute approximate surface area is 210 Å². The number of halogens is 1. The molecule has 0 nitrogen and oxygen atoms in total. The highest BCUT2D eigenvalue weighted by Crippen LogP contribution is 2.43. The van der Waals surface area contributed by atoms with E-state index in [0.717, 1.165) is 41.9 Å². The number of hydrogen-bond donors (Lipinski definition) is 0. The van der Waals surface area contributed by atoms with E-state index in [4.69, 9.17) is 0 Å². The van der Waals surface area contributed by atoms with Gasteiger partial charge in [-0.15, -0.1) is 0 Å². The molecular weight excluding hydrogens is 415 g/mol. The third-order valence-corrected chi connectivity index (χ3v) is 9.89. The van der Waals surface area contributed by atoms with Crippen molar-refractivity contribution < 1.29 is 4.39 Å². The zero-order valence-electron chi connectivity index (χ0n) is 22.0. The molecule has 1 aromatic rings. The SMILES string of the molecule is CCCCCC1CCC(C2CCC(C=CC3CCC(CCc4ccc(F)cc4)CC3)CC2)CC1. The van der Waals surface area contributed by atoms with E-state index in [1.807, 2.05) is 12.1 Å². The molecule has 0 N–H and O–H groups in total. The molecule has 0 spiro atoms. The van der Waals surface area contributed by atoms with E-state index in [1.165, 1.54) is 115 Å². The summed E-state index contributed by atoms with van der Waals surface area (Å²) in [6.07, 6.45) is 30.9. The number of benzene rings is 1. The summed E-state index contributed by atoms with van der Waals surface area (Å²) in [5.74, 6) is 5.58. The third-order valence-electron chi connectivity index (χ3n) is 9.89. The van der Waals surface area contributed by atoms with Crippen LogP contribution in [0.3, 0.4) is 0 Å². The average Bonchev–Trinajstić information content (AvgIpc) is 2.89. The predicted octanol–water partition coefficient (Wildman–Crippen LogP) is 10.3. The van der Waals surface area contributed by atoms with Crippen molar-refractivity contribution in [2.24, 2.45) is 35.5 Å². The molecule has 0 aromatic heterocycles. The highest BCUT2D eigenvalue weighted by Gasteiger charge is 2.30. The molecule has 0 unspecified atom stereocenters. The van der Waals surface area contributed by atoms with Gasteiger partial charge in [0, 0.05) is 0 Å². The van der Waals surface area contributed by atoms with Gasteiger partial charge >= 0.3 is 0 Å². The second-order valence-corrected chi connectivity index (χ2v) is 12.3. The van der Waals surface area contributed by atoms with E-state index in [-0.39, 0.29) is 5.82 Å². The first kappa shape index (κ1) is 26.0. The number of unbranched alkanes of at least 4 members (excludes halogenated alkanes) is 2. The van der Waals surface area contributed by atoms with Crippen LogP contribution >= 0.6 is 0 Å². The molecule has 0 amide bonds. The monoisotopic (exact) mass is 466 g/mol. The maximum absolute atomic E-state index is 13.1. The summed E-state index contributed by atoms with van der Waals surface area (Å²) in [7, 11) is 0. The van der Waals surface area contributed by atoms with Crippen LogP contribution in [-0.4, -0.2) is 0 Å². The van der Waals surface area contributed by atoms with Gasteiger partial charge in [0.05, 0.1) is 0 Å². The van der Waals surface area contributed by atoms with Crippen molar-refractivity contribution >= 4 is 0 Å². The van der Waals surface area contributed by atoms with E-state index < -0.39 is 0 Å². The number of hydrogen-bond acceptors (Lipinski definition) is 0. The second kappa shape index (κ2) is 13.8. The van der Waals surface area contributed by atoms with Crippen LogP contribution in [-0.2, 0) is 6.42 Å². The lowest BCUT2D eigenvalue weighted by Crippen LogP contribution is -2.25. The summed E-state index contributed by atoms with van der Waals surface area (Å²) in [6, 6.07) is 7.12. The summed E-state index contributed by atoms with van der Waals surface area (Å²) in [4.78, 5) is 0. The van der Waals surface area contributed by atoms with Gasteiger partial charge in [-0.25, -0.2) is 4.39 Å². The average molecular weight is 467 g/mol. The molecule has 1 aromatic carbocycles. The summed E-state index contributed by atoms with van der Waals surface area (Å²) in [5, 5.41) is 0. The number of aryl methyl sites for hydroxylation is 1. The van der Waals surface area contributed by atoms with E-state index in [1.54, 1.807) is 12.1 Å². The molecule has 4 rings (SSSR count). The number of rotatable bonds is 10. The van der Waals surface area contributed by atoms with Gasteiger partial charge in [0.1, 0.15) is 5.82 Å². The third kappa shape index (κ3) is 8.23. The highest BCUT2D eigenvalue weighted by atomic mass is 19.1. The highest BCUT2D eigenvalue weighted by molar-refractivity contribution is 5.16. The van der Waals surface area contributed by atoms with Gasteiger partial charge in [-0.05, 0) is 130 Å². The van der Waals surface area contributed by atoms with Crippen molar-refractivity contribution in [2.75, 3.05) is 0 Å². The first-order valence-corrected chi connectivity index (χ1v) is 15.1. The number of allylic oxidation sites excluding steroid dienone is 2. The summed E-state index contributed by atoms with van der Waals surface area (Å²) in [5.41, 5.74) is 1.29. The molecule has 1 heteroatoms. The van der Waals surface area contributed by atoms with Crippen LogP contribution in [0.4, 0.5) is 4.39 Å². The van der Waals surface area contributed by atoms with Gasteiger partial charge in [0.25, 0.3) is 0 Å². The molecule has 0 atom stereocenters. The summed E-state index contributed by atoms with van der Waals surface area (Å²) < 4.78 is 13.1. The fourth-order valence-corrected chi connectivity index (χ4v) is 7.45. The molecule has 3 aliphatic carbocycles. The zero-order valence-corrected chi connectivity index (χ0v) is 22.0. The van der Waals surface area contributed by atoms with Crippen LogP contribution in [0.1, 0.15) is 122 Å². The van der Waals surface area contributed by atoms with Gasteiger partial charge in [0.15, 0.2) is 0 Å². The van der Waals surface area contributed by atoms with E-state index in [2.05, 4.69) is 19.1 Å². The van der Waals surface area contributed by atoms with E-state index >= 15 is 0 Å². The molecule has 0 bridgehead atoms. The fourth-order valence-electron chi connectivity index (χ4n) is 7.45. The minimum Gasteiger partial charge on any atom is -0.207 e. The summed E-state index contributed by atoms with van der Waals surface area (Å²) >= 11 is 0. The lowest BCUT2D eigenvalue weighted by atomic mass is 9.68. The summed E-state index contributed by atoms with van der Waals surface area (Å²) in [6.45, 7) is 2.33. The second-order valence-electron chi connectivity index (χ2n) is 12.3. The smallest absolute Gasteiger partial charge is 0.123 e. The molecule has 190 valence electrons. The fraction of sp³-hybridized carbons (Fsp3) is 0.758. The maximum Gasteiger partial charge on any atom is 0.123 e. The van der Waals surface area contributed by atoms with Crippen molar-refractivity contribution in [1.82, 2.24) is 0 Å². The quantitative estimate of drug-likeness (QED) is 0.237. The Morgan fingerprint density at radius 1 is 0.647 bits per heavy atom. The van der Waals surface area contributed by atoms with Crippen molar-refractivity contribution in [3.05, 3.63) is 47.8 Å². The van der Waals surface area contributed by atoms with Crippen molar-refractivity contribution in [1.29, 1.82) is 0 Å². The first-order valence-electron chi connectivity index (χ1n) is 15.1. The Morgan fingerprint density at radius 3 is 1.74 bits per heavy atom. The van der Waals surface area contributed by atoms with Crippen LogP contribution < -0.4 is 0 Å². The molecule has 3 fully saturated rings. The molecule has 34 heavy (non-hydrogen) atoms. The van der Waals surface area contributed by atoms with Crippen LogP contribution in [0, 0.1) is 41.3 Å². The van der Waals surface area contributed by atoms with Gasteiger partial charge < -0.3 is 0 Å². The van der Waals surface area contributed by atoms with Gasteiger partial charge in [0.2, 0.25) is 0 Å². The van der Waals surface area contributed by atoms with E-state index in [9.17, 15) is 4.39 Å². The van der Waals surface area contributed by atoms with Crippen molar-refractivity contribution in [3.63, 3.8) is 0 Å². The first-order chi connectivity index (χ1) is 16.7. The molecule has 0 saturated heterocycles.